The summed E-state index contributed by atoms with van der Waals surface area (Å²) in [5.74, 6) is -0.495. The fraction of sp³-hybridized carbons (Fsp3) is 1.00. The summed E-state index contributed by atoms with van der Waals surface area (Å²) in [5, 5.41) is 18.2. The highest BCUT2D eigenvalue weighted by molar-refractivity contribution is 4.92. The van der Waals surface area contributed by atoms with E-state index in [4.69, 9.17) is 19.7 Å². The van der Waals surface area contributed by atoms with E-state index in [1.54, 1.807) is 0 Å². The van der Waals surface area contributed by atoms with Crippen LogP contribution in [0.15, 0.2) is 0 Å². The highest BCUT2D eigenvalue weighted by atomic mass is 16.8. The Morgan fingerprint density at radius 3 is 2.15 bits per heavy atom. The van der Waals surface area contributed by atoms with Crippen LogP contribution in [-0.4, -0.2) is 41.4 Å². The molecule has 13 heavy (non-hydrogen) atoms. The van der Waals surface area contributed by atoms with Gasteiger partial charge in [0.2, 0.25) is 0 Å². The van der Waals surface area contributed by atoms with Crippen molar-refractivity contribution >= 4 is 0 Å². The van der Waals surface area contributed by atoms with Gasteiger partial charge < -0.3 is 19.7 Å². The van der Waals surface area contributed by atoms with Gasteiger partial charge in [-0.3, -0.25) is 0 Å². The molecule has 0 aromatic rings. The maximum atomic E-state index is 9.10. The smallest absolute Gasteiger partial charge is 0.169 e. The van der Waals surface area contributed by atoms with Crippen molar-refractivity contribution in [3.63, 3.8) is 0 Å². The monoisotopic (exact) mass is 188 g/mol. The first-order valence-corrected chi connectivity index (χ1v) is 4.80. The van der Waals surface area contributed by atoms with Crippen molar-refractivity contribution in [2.24, 2.45) is 0 Å². The fourth-order valence-corrected chi connectivity index (χ4v) is 2.08. The van der Waals surface area contributed by atoms with Gasteiger partial charge in [0, 0.05) is 12.8 Å². The molecule has 0 radical (unpaired) electrons. The third-order valence-corrected chi connectivity index (χ3v) is 2.94. The lowest BCUT2D eigenvalue weighted by Gasteiger charge is -2.27. The molecule has 0 atom stereocenters. The molecular formula is C9H16O4. The van der Waals surface area contributed by atoms with E-state index in [2.05, 4.69) is 0 Å². The van der Waals surface area contributed by atoms with Crippen LogP contribution in [0.1, 0.15) is 25.7 Å². The van der Waals surface area contributed by atoms with Crippen LogP contribution in [0.3, 0.4) is 0 Å². The second kappa shape index (κ2) is 3.20. The summed E-state index contributed by atoms with van der Waals surface area (Å²) in [7, 11) is 0. The minimum absolute atomic E-state index is 0.175. The van der Waals surface area contributed by atoms with Crippen molar-refractivity contribution in [3.8, 4) is 0 Å². The summed E-state index contributed by atoms with van der Waals surface area (Å²) in [5.41, 5.74) is -0.857. The Labute approximate surface area is 77.5 Å². The van der Waals surface area contributed by atoms with E-state index >= 15 is 0 Å². The number of rotatable bonds is 2. The second-order valence-corrected chi connectivity index (χ2v) is 4.01. The number of hydrogen-bond acceptors (Lipinski definition) is 4. The highest BCUT2D eigenvalue weighted by Crippen LogP contribution is 2.42. The topological polar surface area (TPSA) is 58.9 Å². The largest absolute Gasteiger partial charge is 0.393 e. The highest BCUT2D eigenvalue weighted by Gasteiger charge is 2.51. The molecule has 0 aromatic heterocycles. The van der Waals surface area contributed by atoms with Gasteiger partial charge in [-0.05, 0) is 12.8 Å². The molecule has 2 aliphatic rings. The zero-order chi connectivity index (χ0) is 9.36. The first-order valence-electron chi connectivity index (χ1n) is 4.80. The lowest BCUT2D eigenvalue weighted by Crippen LogP contribution is -2.42. The molecule has 1 saturated carbocycles. The quantitative estimate of drug-likeness (QED) is 0.641. The van der Waals surface area contributed by atoms with Crippen LogP contribution in [0.2, 0.25) is 0 Å². The molecule has 1 aliphatic carbocycles. The summed E-state index contributed by atoms with van der Waals surface area (Å²) >= 11 is 0. The number of ether oxygens (including phenoxy) is 2. The second-order valence-electron chi connectivity index (χ2n) is 4.01. The molecular weight excluding hydrogens is 172 g/mol. The zero-order valence-corrected chi connectivity index (χ0v) is 7.66. The predicted molar refractivity (Wildman–Crippen MR) is 45.1 cm³/mol. The van der Waals surface area contributed by atoms with Crippen LogP contribution >= 0.6 is 0 Å². The van der Waals surface area contributed by atoms with Gasteiger partial charge in [-0.2, -0.15) is 0 Å². The summed E-state index contributed by atoms with van der Waals surface area (Å²) in [6.07, 6.45) is 3.98. The van der Waals surface area contributed by atoms with Crippen LogP contribution < -0.4 is 0 Å². The Morgan fingerprint density at radius 2 is 1.69 bits per heavy atom. The average Bonchev–Trinajstić information content (AvgIpc) is 2.76. The van der Waals surface area contributed by atoms with Gasteiger partial charge in [0.1, 0.15) is 5.60 Å². The number of hydrogen-bond donors (Lipinski definition) is 2. The van der Waals surface area contributed by atoms with Crippen LogP contribution in [0.25, 0.3) is 0 Å². The van der Waals surface area contributed by atoms with E-state index < -0.39 is 11.4 Å². The molecule has 2 rings (SSSR count). The molecule has 2 N–H and O–H groups in total. The van der Waals surface area contributed by atoms with E-state index in [1.807, 2.05) is 0 Å². The molecule has 0 bridgehead atoms. The van der Waals surface area contributed by atoms with Gasteiger partial charge in [0.25, 0.3) is 0 Å². The first kappa shape index (κ1) is 9.40. The Hall–Kier alpha value is -0.160. The third-order valence-electron chi connectivity index (χ3n) is 2.94. The van der Waals surface area contributed by atoms with Gasteiger partial charge >= 0.3 is 0 Å². The van der Waals surface area contributed by atoms with Crippen LogP contribution in [0.4, 0.5) is 0 Å². The molecule has 0 unspecified atom stereocenters. The predicted octanol–water partition coefficient (Wildman–Crippen LogP) is 0.0269. The van der Waals surface area contributed by atoms with E-state index in [9.17, 15) is 0 Å². The number of aliphatic hydroxyl groups is 2. The van der Waals surface area contributed by atoms with Gasteiger partial charge in [-0.15, -0.1) is 0 Å². The SMILES string of the molecule is OCC1(CO)COC2(CCCC2)O1. The first-order chi connectivity index (χ1) is 6.24. The van der Waals surface area contributed by atoms with E-state index in [1.165, 1.54) is 0 Å². The van der Waals surface area contributed by atoms with E-state index in [-0.39, 0.29) is 13.2 Å². The lowest BCUT2D eigenvalue weighted by molar-refractivity contribution is -0.196. The van der Waals surface area contributed by atoms with Crippen molar-refractivity contribution < 1.29 is 19.7 Å². The molecule has 1 heterocycles. The van der Waals surface area contributed by atoms with E-state index in [0.29, 0.717) is 6.61 Å². The maximum Gasteiger partial charge on any atom is 0.169 e. The van der Waals surface area contributed by atoms with Crippen molar-refractivity contribution in [1.29, 1.82) is 0 Å². The molecule has 4 nitrogen and oxygen atoms in total. The van der Waals surface area contributed by atoms with Crippen molar-refractivity contribution in [3.05, 3.63) is 0 Å². The molecule has 1 saturated heterocycles. The van der Waals surface area contributed by atoms with Crippen LogP contribution in [-0.2, 0) is 9.47 Å². The lowest BCUT2D eigenvalue weighted by atomic mass is 10.1. The molecule has 76 valence electrons. The molecule has 1 aliphatic heterocycles. The van der Waals surface area contributed by atoms with Gasteiger partial charge in [-0.1, -0.05) is 0 Å². The van der Waals surface area contributed by atoms with Gasteiger partial charge in [-0.25, -0.2) is 0 Å². The summed E-state index contributed by atoms with van der Waals surface area (Å²) < 4.78 is 11.2. The zero-order valence-electron chi connectivity index (χ0n) is 7.66. The molecule has 1 spiro atoms. The summed E-state index contributed by atoms with van der Waals surface area (Å²) in [6.45, 7) is -0.0451. The van der Waals surface area contributed by atoms with E-state index in [0.717, 1.165) is 25.7 Å². The Bertz CT molecular complexity index is 178. The summed E-state index contributed by atoms with van der Waals surface area (Å²) in [4.78, 5) is 0. The van der Waals surface area contributed by atoms with Crippen molar-refractivity contribution in [2.45, 2.75) is 37.1 Å². The van der Waals surface area contributed by atoms with Crippen LogP contribution in [0, 0.1) is 0 Å². The minimum Gasteiger partial charge on any atom is -0.393 e. The Kier molecular flexibility index (Phi) is 2.32. The third kappa shape index (κ3) is 1.48. The standard InChI is InChI=1S/C9H16O4/c10-5-8(6-11)7-12-9(13-8)3-1-2-4-9/h10-11H,1-7H2. The van der Waals surface area contributed by atoms with Crippen molar-refractivity contribution in [1.82, 2.24) is 0 Å². The maximum absolute atomic E-state index is 9.10. The summed E-state index contributed by atoms with van der Waals surface area (Å²) in [6, 6.07) is 0. The average molecular weight is 188 g/mol. The Morgan fingerprint density at radius 1 is 1.08 bits per heavy atom. The van der Waals surface area contributed by atoms with Gasteiger partial charge in [0.15, 0.2) is 5.79 Å². The molecule has 4 heteroatoms. The van der Waals surface area contributed by atoms with Crippen LogP contribution in [0.5, 0.6) is 0 Å². The number of aliphatic hydroxyl groups excluding tert-OH is 2. The Balaban J connectivity index is 2.06. The normalized spacial score (nSPS) is 30.0. The van der Waals surface area contributed by atoms with Gasteiger partial charge in [0.05, 0.1) is 19.8 Å². The fourth-order valence-electron chi connectivity index (χ4n) is 2.08. The molecule has 2 fully saturated rings. The molecule has 0 amide bonds. The minimum atomic E-state index is -0.857. The molecule has 0 aromatic carbocycles. The van der Waals surface area contributed by atoms with Crippen molar-refractivity contribution in [2.75, 3.05) is 19.8 Å².